The number of carbonyl (C=O) groups is 1. The highest BCUT2D eigenvalue weighted by molar-refractivity contribution is 7.99. The lowest BCUT2D eigenvalue weighted by molar-refractivity contribution is -0.139. The molecule has 7 nitrogen and oxygen atoms in total. The van der Waals surface area contributed by atoms with Gasteiger partial charge < -0.3 is 10.4 Å². The minimum Gasteiger partial charge on any atom is -0.480 e. The van der Waals surface area contributed by atoms with Crippen LogP contribution in [0, 0.1) is 0 Å². The number of aliphatic carboxylic acids is 1. The molecule has 0 spiro atoms. The molecule has 114 valence electrons. The Labute approximate surface area is 122 Å². The molecule has 0 radical (unpaired) electrons. The van der Waals surface area contributed by atoms with Gasteiger partial charge in [0.05, 0.1) is 0 Å². The van der Waals surface area contributed by atoms with Crippen molar-refractivity contribution < 1.29 is 9.90 Å². The third kappa shape index (κ3) is 5.01. The van der Waals surface area contributed by atoms with Crippen molar-refractivity contribution in [2.24, 2.45) is 0 Å². The zero-order valence-corrected chi connectivity index (χ0v) is 12.7. The lowest BCUT2D eigenvalue weighted by Crippen LogP contribution is -2.37. The van der Waals surface area contributed by atoms with Gasteiger partial charge in [-0.2, -0.15) is 0 Å². The molecule has 0 aliphatic carbocycles. The first-order chi connectivity index (χ1) is 9.60. The van der Waals surface area contributed by atoms with Crippen molar-refractivity contribution in [1.82, 2.24) is 20.1 Å². The number of hydrogen-bond acceptors (Lipinski definition) is 5. The van der Waals surface area contributed by atoms with Crippen LogP contribution in [-0.4, -0.2) is 44.2 Å². The summed E-state index contributed by atoms with van der Waals surface area (Å²) in [6, 6.07) is -0.548. The quantitative estimate of drug-likeness (QED) is 0.556. The molecule has 1 unspecified atom stereocenters. The molecule has 1 atom stereocenters. The molecule has 3 N–H and O–H groups in total. The van der Waals surface area contributed by atoms with E-state index in [4.69, 9.17) is 5.11 Å². The summed E-state index contributed by atoms with van der Waals surface area (Å²) in [5.74, 6) is -0.242. The van der Waals surface area contributed by atoms with Gasteiger partial charge in [0.2, 0.25) is 0 Å². The van der Waals surface area contributed by atoms with Crippen LogP contribution in [0.4, 0.5) is 0 Å². The van der Waals surface area contributed by atoms with E-state index in [9.17, 15) is 9.59 Å². The minimum absolute atomic E-state index is 0.215. The van der Waals surface area contributed by atoms with E-state index in [2.05, 4.69) is 15.5 Å². The Balaban J connectivity index is 2.50. The van der Waals surface area contributed by atoms with Gasteiger partial charge in [-0.25, -0.2) is 9.89 Å². The van der Waals surface area contributed by atoms with E-state index in [0.717, 1.165) is 12.8 Å². The predicted molar refractivity (Wildman–Crippen MR) is 78.2 cm³/mol. The fraction of sp³-hybridized carbons (Fsp3) is 0.750. The molecule has 0 bridgehead atoms. The summed E-state index contributed by atoms with van der Waals surface area (Å²) in [4.78, 5) is 22.6. The third-order valence-corrected chi connectivity index (χ3v) is 3.76. The Morgan fingerprint density at radius 3 is 2.85 bits per heavy atom. The van der Waals surface area contributed by atoms with Crippen molar-refractivity contribution in [2.75, 3.05) is 12.3 Å². The number of H-pyrrole nitrogens is 1. The summed E-state index contributed by atoms with van der Waals surface area (Å²) in [5, 5.41) is 19.1. The number of hydrogen-bond donors (Lipinski definition) is 3. The largest absolute Gasteiger partial charge is 0.480 e. The summed E-state index contributed by atoms with van der Waals surface area (Å²) in [6.07, 6.45) is 2.24. The van der Waals surface area contributed by atoms with E-state index in [0.29, 0.717) is 30.4 Å². The molecule has 0 amide bonds. The molecule has 1 heterocycles. The SMILES string of the molecule is CCCNC(CCSc1n[nH]c(=O)n1CCC)C(=O)O. The maximum atomic E-state index is 11.5. The fourth-order valence-electron chi connectivity index (χ4n) is 1.73. The number of carboxylic acid groups (broad SMARTS) is 1. The van der Waals surface area contributed by atoms with Crippen LogP contribution in [0.15, 0.2) is 9.95 Å². The van der Waals surface area contributed by atoms with Gasteiger partial charge >= 0.3 is 11.7 Å². The lowest BCUT2D eigenvalue weighted by Gasteiger charge is -2.13. The molecule has 8 heteroatoms. The van der Waals surface area contributed by atoms with Crippen LogP contribution in [-0.2, 0) is 11.3 Å². The van der Waals surface area contributed by atoms with Gasteiger partial charge in [0.15, 0.2) is 5.16 Å². The second kappa shape index (κ2) is 8.80. The highest BCUT2D eigenvalue weighted by atomic mass is 32.2. The number of nitrogens with one attached hydrogen (secondary N) is 2. The summed E-state index contributed by atoms with van der Waals surface area (Å²) in [7, 11) is 0. The van der Waals surface area contributed by atoms with Crippen molar-refractivity contribution in [3.8, 4) is 0 Å². The van der Waals surface area contributed by atoms with Crippen LogP contribution in [0.5, 0.6) is 0 Å². The topological polar surface area (TPSA) is 100 Å². The number of thioether (sulfide) groups is 1. The van der Waals surface area contributed by atoms with Gasteiger partial charge in [0.1, 0.15) is 6.04 Å². The van der Waals surface area contributed by atoms with Gasteiger partial charge in [-0.3, -0.25) is 9.36 Å². The molecule has 20 heavy (non-hydrogen) atoms. The Morgan fingerprint density at radius 1 is 1.50 bits per heavy atom. The average molecular weight is 302 g/mol. The van der Waals surface area contributed by atoms with Gasteiger partial charge in [-0.1, -0.05) is 25.6 Å². The zero-order chi connectivity index (χ0) is 15.0. The van der Waals surface area contributed by atoms with E-state index in [-0.39, 0.29) is 5.69 Å². The molecule has 0 saturated carbocycles. The smallest absolute Gasteiger partial charge is 0.343 e. The minimum atomic E-state index is -0.841. The second-order valence-electron chi connectivity index (χ2n) is 4.45. The van der Waals surface area contributed by atoms with Crippen LogP contribution in [0.3, 0.4) is 0 Å². The number of aromatic nitrogens is 3. The summed E-state index contributed by atoms with van der Waals surface area (Å²) >= 11 is 1.40. The van der Waals surface area contributed by atoms with Crippen molar-refractivity contribution in [3.63, 3.8) is 0 Å². The molecule has 1 aromatic heterocycles. The van der Waals surface area contributed by atoms with Crippen molar-refractivity contribution in [3.05, 3.63) is 10.5 Å². The van der Waals surface area contributed by atoms with E-state index in [1.165, 1.54) is 11.8 Å². The van der Waals surface area contributed by atoms with Gasteiger partial charge in [-0.15, -0.1) is 5.10 Å². The Bertz CT molecular complexity index is 472. The standard InChI is InChI=1S/C12H22N4O3S/c1-3-6-13-9(10(17)18)5-8-20-12-15-14-11(19)16(12)7-4-2/h9,13H,3-8H2,1-2H3,(H,14,19)(H,17,18). The van der Waals surface area contributed by atoms with E-state index in [1.54, 1.807) is 4.57 Å². The second-order valence-corrected chi connectivity index (χ2v) is 5.51. The monoisotopic (exact) mass is 302 g/mol. The number of aromatic amines is 1. The van der Waals surface area contributed by atoms with Gasteiger partial charge in [0, 0.05) is 12.3 Å². The summed E-state index contributed by atoms with van der Waals surface area (Å²) < 4.78 is 1.58. The Morgan fingerprint density at radius 2 is 2.25 bits per heavy atom. The number of nitrogens with zero attached hydrogens (tertiary/aromatic N) is 2. The van der Waals surface area contributed by atoms with Crippen molar-refractivity contribution >= 4 is 17.7 Å². The first kappa shape index (κ1) is 16.8. The van der Waals surface area contributed by atoms with Crippen LogP contribution < -0.4 is 11.0 Å². The number of carboxylic acids is 1. The van der Waals surface area contributed by atoms with E-state index < -0.39 is 12.0 Å². The normalized spacial score (nSPS) is 12.5. The molecule has 1 rings (SSSR count). The average Bonchev–Trinajstić information content (AvgIpc) is 2.75. The van der Waals surface area contributed by atoms with E-state index >= 15 is 0 Å². The third-order valence-electron chi connectivity index (χ3n) is 2.75. The molecule has 0 saturated heterocycles. The van der Waals surface area contributed by atoms with Crippen LogP contribution >= 0.6 is 11.8 Å². The maximum Gasteiger partial charge on any atom is 0.343 e. The molecular weight excluding hydrogens is 280 g/mol. The van der Waals surface area contributed by atoms with Crippen LogP contribution in [0.25, 0.3) is 0 Å². The molecule has 1 aromatic rings. The number of rotatable bonds is 10. The highest BCUT2D eigenvalue weighted by Gasteiger charge is 2.16. The summed E-state index contributed by atoms with van der Waals surface area (Å²) in [6.45, 7) is 5.29. The van der Waals surface area contributed by atoms with Gasteiger partial charge in [0.25, 0.3) is 0 Å². The first-order valence-corrected chi connectivity index (χ1v) is 7.82. The van der Waals surface area contributed by atoms with Crippen molar-refractivity contribution in [1.29, 1.82) is 0 Å². The molecule has 0 aromatic carbocycles. The molecule has 0 aliphatic heterocycles. The maximum absolute atomic E-state index is 11.5. The molecular formula is C12H22N4O3S. The van der Waals surface area contributed by atoms with Gasteiger partial charge in [-0.05, 0) is 25.8 Å². The summed E-state index contributed by atoms with van der Waals surface area (Å²) in [5.41, 5.74) is -0.215. The van der Waals surface area contributed by atoms with Crippen LogP contribution in [0.1, 0.15) is 33.1 Å². The van der Waals surface area contributed by atoms with E-state index in [1.807, 2.05) is 13.8 Å². The Hall–Kier alpha value is -1.28. The van der Waals surface area contributed by atoms with Crippen LogP contribution in [0.2, 0.25) is 0 Å². The zero-order valence-electron chi connectivity index (χ0n) is 11.9. The lowest BCUT2D eigenvalue weighted by atomic mass is 10.2. The highest BCUT2D eigenvalue weighted by Crippen LogP contribution is 2.15. The predicted octanol–water partition coefficient (Wildman–Crippen LogP) is 0.916. The fourth-order valence-corrected chi connectivity index (χ4v) is 2.71. The molecule has 0 aliphatic rings. The Kier molecular flexibility index (Phi) is 7.38. The molecule has 0 fully saturated rings. The first-order valence-electron chi connectivity index (χ1n) is 6.84. The van der Waals surface area contributed by atoms with Crippen molar-refractivity contribution in [2.45, 2.75) is 50.9 Å².